The summed E-state index contributed by atoms with van der Waals surface area (Å²) in [6.45, 7) is 1.17. The molecule has 1 aliphatic heterocycles. The molecule has 2 atom stereocenters. The third-order valence-corrected chi connectivity index (χ3v) is 5.25. The number of hydrogen-bond acceptors (Lipinski definition) is 7. The first-order chi connectivity index (χ1) is 13.4. The molecule has 3 heterocycles. The molecule has 1 N–H and O–H groups in total. The van der Waals surface area contributed by atoms with Crippen molar-refractivity contribution >= 4 is 11.3 Å². The maximum atomic E-state index is 12.3. The zero-order chi connectivity index (χ0) is 19.7. The van der Waals surface area contributed by atoms with Gasteiger partial charge in [0.2, 0.25) is 11.7 Å². The lowest BCUT2D eigenvalue weighted by atomic mass is 10.2. The van der Waals surface area contributed by atoms with Crippen LogP contribution in [0.3, 0.4) is 0 Å². The third-order valence-electron chi connectivity index (χ3n) is 4.39. The number of aliphatic hydroxyl groups excluding tert-OH is 1. The number of thiophene rings is 1. The maximum Gasteiger partial charge on any atom is 0.573 e. The standard InChI is InChI=1S/C18H16F3N3O3S/c19-18(20,21)26-13-5-3-11(4-6-13)16-22-17(27-23-16)15-8-12(25)9-24(15)10-14-2-1-7-28-14/h1-7,12,15,25H,8-10H2. The SMILES string of the molecule is OC1CC(c2nc(-c3ccc(OC(F)(F)F)cc3)no2)N(Cc2cccs2)C1. The summed E-state index contributed by atoms with van der Waals surface area (Å²) in [5.41, 5.74) is 0.507. The Labute approximate surface area is 162 Å². The van der Waals surface area contributed by atoms with Gasteiger partial charge >= 0.3 is 6.36 Å². The van der Waals surface area contributed by atoms with Crippen molar-refractivity contribution in [3.8, 4) is 17.1 Å². The van der Waals surface area contributed by atoms with E-state index >= 15 is 0 Å². The van der Waals surface area contributed by atoms with Gasteiger partial charge in [-0.05, 0) is 42.1 Å². The Morgan fingerprint density at radius 1 is 1.25 bits per heavy atom. The van der Waals surface area contributed by atoms with Crippen LogP contribution < -0.4 is 4.74 Å². The van der Waals surface area contributed by atoms with Gasteiger partial charge in [-0.2, -0.15) is 4.98 Å². The van der Waals surface area contributed by atoms with Crippen molar-refractivity contribution in [2.75, 3.05) is 6.54 Å². The Kier molecular flexibility index (Phi) is 5.09. The largest absolute Gasteiger partial charge is 0.573 e. The molecule has 1 aromatic carbocycles. The van der Waals surface area contributed by atoms with E-state index in [1.807, 2.05) is 17.5 Å². The molecule has 1 aliphatic rings. The molecule has 1 fully saturated rings. The second kappa shape index (κ2) is 7.53. The van der Waals surface area contributed by atoms with Crippen LogP contribution in [0.15, 0.2) is 46.3 Å². The molecule has 0 aliphatic carbocycles. The number of halogens is 3. The molecule has 0 saturated carbocycles. The summed E-state index contributed by atoms with van der Waals surface area (Å²) in [7, 11) is 0. The van der Waals surface area contributed by atoms with Crippen LogP contribution in [-0.2, 0) is 6.54 Å². The molecule has 0 amide bonds. The summed E-state index contributed by atoms with van der Waals surface area (Å²) < 4.78 is 46.0. The second-order valence-corrected chi connectivity index (χ2v) is 7.47. The van der Waals surface area contributed by atoms with Crippen LogP contribution in [-0.4, -0.2) is 39.2 Å². The van der Waals surface area contributed by atoms with E-state index in [-0.39, 0.29) is 17.6 Å². The van der Waals surface area contributed by atoms with E-state index in [0.29, 0.717) is 31.0 Å². The first kappa shape index (κ1) is 18.9. The van der Waals surface area contributed by atoms with Gasteiger partial charge in [-0.1, -0.05) is 11.2 Å². The summed E-state index contributed by atoms with van der Waals surface area (Å²) in [6, 6.07) is 9.04. The number of alkyl halides is 3. The summed E-state index contributed by atoms with van der Waals surface area (Å²) in [6.07, 6.45) is -4.75. The van der Waals surface area contributed by atoms with Gasteiger partial charge in [-0.3, -0.25) is 4.90 Å². The molecule has 10 heteroatoms. The monoisotopic (exact) mass is 411 g/mol. The van der Waals surface area contributed by atoms with Gasteiger partial charge in [-0.15, -0.1) is 24.5 Å². The number of β-amino-alcohol motifs (C(OH)–C–C–N with tert-alkyl or cyclic N) is 1. The minimum atomic E-state index is -4.74. The van der Waals surface area contributed by atoms with Crippen LogP contribution in [0.1, 0.15) is 23.2 Å². The molecule has 4 rings (SSSR count). The lowest BCUT2D eigenvalue weighted by molar-refractivity contribution is -0.274. The van der Waals surface area contributed by atoms with E-state index in [2.05, 4.69) is 19.8 Å². The highest BCUT2D eigenvalue weighted by Gasteiger charge is 2.36. The molecule has 6 nitrogen and oxygen atoms in total. The van der Waals surface area contributed by atoms with Gasteiger partial charge in [0.05, 0.1) is 12.1 Å². The Balaban J connectivity index is 1.50. The highest BCUT2D eigenvalue weighted by Crippen LogP contribution is 2.34. The van der Waals surface area contributed by atoms with Gasteiger partial charge in [0, 0.05) is 23.5 Å². The van der Waals surface area contributed by atoms with Crippen molar-refractivity contribution in [2.45, 2.75) is 31.5 Å². The topological polar surface area (TPSA) is 71.6 Å². The van der Waals surface area contributed by atoms with Gasteiger partial charge in [0.25, 0.3) is 0 Å². The number of rotatable bonds is 5. The Morgan fingerprint density at radius 2 is 2.04 bits per heavy atom. The van der Waals surface area contributed by atoms with Crippen molar-refractivity contribution in [1.82, 2.24) is 15.0 Å². The zero-order valence-electron chi connectivity index (χ0n) is 14.5. The molecule has 28 heavy (non-hydrogen) atoms. The lowest BCUT2D eigenvalue weighted by Crippen LogP contribution is -2.24. The maximum absolute atomic E-state index is 12.3. The number of benzene rings is 1. The van der Waals surface area contributed by atoms with Crippen LogP contribution in [0.5, 0.6) is 5.75 Å². The predicted molar refractivity (Wildman–Crippen MR) is 94.5 cm³/mol. The highest BCUT2D eigenvalue weighted by molar-refractivity contribution is 7.09. The predicted octanol–water partition coefficient (Wildman–Crippen LogP) is 4.00. The number of likely N-dealkylation sites (tertiary alicyclic amines) is 1. The van der Waals surface area contributed by atoms with Crippen LogP contribution >= 0.6 is 11.3 Å². The minimum Gasteiger partial charge on any atom is -0.406 e. The van der Waals surface area contributed by atoms with E-state index in [1.165, 1.54) is 29.1 Å². The Morgan fingerprint density at radius 3 is 2.71 bits per heavy atom. The number of aromatic nitrogens is 2. The average Bonchev–Trinajstić information content (AvgIpc) is 3.36. The van der Waals surface area contributed by atoms with Crippen molar-refractivity contribution in [1.29, 1.82) is 0 Å². The molecule has 3 aromatic rings. The average molecular weight is 411 g/mol. The van der Waals surface area contributed by atoms with Crippen molar-refractivity contribution in [3.05, 3.63) is 52.5 Å². The summed E-state index contributed by atoms with van der Waals surface area (Å²) in [5, 5.41) is 16.0. The van der Waals surface area contributed by atoms with Crippen LogP contribution in [0.2, 0.25) is 0 Å². The minimum absolute atomic E-state index is 0.216. The first-order valence-corrected chi connectivity index (χ1v) is 9.39. The molecule has 1 saturated heterocycles. The fraction of sp³-hybridized carbons (Fsp3) is 0.333. The molecule has 2 aromatic heterocycles. The fourth-order valence-electron chi connectivity index (χ4n) is 3.21. The van der Waals surface area contributed by atoms with E-state index in [0.717, 1.165) is 0 Å². The molecule has 148 valence electrons. The van der Waals surface area contributed by atoms with Gasteiger partial charge in [0.15, 0.2) is 0 Å². The summed E-state index contributed by atoms with van der Waals surface area (Å²) in [4.78, 5) is 7.63. The molecule has 2 unspecified atom stereocenters. The van der Waals surface area contributed by atoms with Gasteiger partial charge in [0.1, 0.15) is 5.75 Å². The molecule has 0 radical (unpaired) electrons. The smallest absolute Gasteiger partial charge is 0.406 e. The van der Waals surface area contributed by atoms with Crippen molar-refractivity contribution in [2.24, 2.45) is 0 Å². The fourth-order valence-corrected chi connectivity index (χ4v) is 3.94. The Hall–Kier alpha value is -2.43. The number of ether oxygens (including phenoxy) is 1. The normalized spacial score (nSPS) is 20.6. The van der Waals surface area contributed by atoms with Crippen LogP contribution in [0.4, 0.5) is 13.2 Å². The summed E-state index contributed by atoms with van der Waals surface area (Å²) >= 11 is 1.63. The number of nitrogens with zero attached hydrogens (tertiary/aromatic N) is 3. The highest BCUT2D eigenvalue weighted by atomic mass is 32.1. The van der Waals surface area contributed by atoms with Crippen LogP contribution in [0, 0.1) is 0 Å². The Bertz CT molecular complexity index is 912. The molecule has 0 spiro atoms. The van der Waals surface area contributed by atoms with Gasteiger partial charge < -0.3 is 14.4 Å². The number of hydrogen-bond donors (Lipinski definition) is 1. The molecular weight excluding hydrogens is 395 g/mol. The van der Waals surface area contributed by atoms with E-state index < -0.39 is 12.5 Å². The van der Waals surface area contributed by atoms with Crippen molar-refractivity contribution < 1.29 is 27.5 Å². The molecule has 0 bridgehead atoms. The molecular formula is C18H16F3N3O3S. The lowest BCUT2D eigenvalue weighted by Gasteiger charge is -2.20. The van der Waals surface area contributed by atoms with Crippen LogP contribution in [0.25, 0.3) is 11.4 Å². The van der Waals surface area contributed by atoms with E-state index in [4.69, 9.17) is 4.52 Å². The first-order valence-electron chi connectivity index (χ1n) is 8.52. The number of aliphatic hydroxyl groups is 1. The van der Waals surface area contributed by atoms with Gasteiger partial charge in [-0.25, -0.2) is 0 Å². The van der Waals surface area contributed by atoms with Crippen molar-refractivity contribution in [3.63, 3.8) is 0 Å². The second-order valence-electron chi connectivity index (χ2n) is 6.44. The quantitative estimate of drug-likeness (QED) is 0.684. The van der Waals surface area contributed by atoms with E-state index in [9.17, 15) is 18.3 Å². The summed E-state index contributed by atoms with van der Waals surface area (Å²) in [5.74, 6) is 0.325. The van der Waals surface area contributed by atoms with E-state index in [1.54, 1.807) is 11.3 Å². The third kappa shape index (κ3) is 4.34. The zero-order valence-corrected chi connectivity index (χ0v) is 15.3.